The zero-order chi connectivity index (χ0) is 13.6. The van der Waals surface area contributed by atoms with E-state index in [-0.39, 0.29) is 5.54 Å². The molecule has 0 fully saturated rings. The van der Waals surface area contributed by atoms with Gasteiger partial charge in [0, 0.05) is 12.1 Å². The van der Waals surface area contributed by atoms with Crippen molar-refractivity contribution in [1.82, 2.24) is 5.32 Å². The van der Waals surface area contributed by atoms with Crippen LogP contribution in [0.15, 0.2) is 24.3 Å². The topological polar surface area (TPSA) is 38.0 Å². The SMILES string of the molecule is CC(C)Cc1ccc(CCNC(C)(C)CN)cc1. The van der Waals surface area contributed by atoms with E-state index in [4.69, 9.17) is 5.73 Å². The molecule has 3 N–H and O–H groups in total. The van der Waals surface area contributed by atoms with Gasteiger partial charge in [0.25, 0.3) is 0 Å². The minimum atomic E-state index is 0.0393. The molecule has 0 atom stereocenters. The van der Waals surface area contributed by atoms with Gasteiger partial charge in [-0.25, -0.2) is 0 Å². The monoisotopic (exact) mass is 248 g/mol. The van der Waals surface area contributed by atoms with E-state index in [1.165, 1.54) is 17.5 Å². The molecule has 102 valence electrons. The number of benzene rings is 1. The maximum absolute atomic E-state index is 5.69. The summed E-state index contributed by atoms with van der Waals surface area (Å²) in [6.45, 7) is 10.4. The summed E-state index contributed by atoms with van der Waals surface area (Å²) >= 11 is 0. The Morgan fingerprint density at radius 3 is 2.17 bits per heavy atom. The smallest absolute Gasteiger partial charge is 0.0247 e. The minimum absolute atomic E-state index is 0.0393. The Morgan fingerprint density at radius 1 is 1.11 bits per heavy atom. The molecule has 0 bridgehead atoms. The summed E-state index contributed by atoms with van der Waals surface area (Å²) in [7, 11) is 0. The van der Waals surface area contributed by atoms with Crippen molar-refractivity contribution in [3.63, 3.8) is 0 Å². The molecule has 2 nitrogen and oxygen atoms in total. The third-order valence-corrected chi connectivity index (χ3v) is 3.19. The predicted octanol–water partition coefficient (Wildman–Crippen LogP) is 2.75. The van der Waals surface area contributed by atoms with Gasteiger partial charge >= 0.3 is 0 Å². The van der Waals surface area contributed by atoms with E-state index in [1.807, 2.05) is 0 Å². The first-order valence-electron chi connectivity index (χ1n) is 6.96. The number of hydrogen-bond acceptors (Lipinski definition) is 2. The maximum atomic E-state index is 5.69. The molecule has 2 heteroatoms. The van der Waals surface area contributed by atoms with Crippen molar-refractivity contribution in [2.24, 2.45) is 11.7 Å². The zero-order valence-corrected chi connectivity index (χ0v) is 12.3. The van der Waals surface area contributed by atoms with Crippen molar-refractivity contribution >= 4 is 0 Å². The molecule has 0 unspecified atom stereocenters. The van der Waals surface area contributed by atoms with Gasteiger partial charge in [-0.05, 0) is 50.3 Å². The van der Waals surface area contributed by atoms with Gasteiger partial charge in [0.2, 0.25) is 0 Å². The molecule has 1 aromatic rings. The van der Waals surface area contributed by atoms with Crippen LogP contribution in [0.5, 0.6) is 0 Å². The van der Waals surface area contributed by atoms with Crippen LogP contribution in [-0.2, 0) is 12.8 Å². The number of nitrogens with one attached hydrogen (secondary N) is 1. The van der Waals surface area contributed by atoms with Crippen molar-refractivity contribution in [2.45, 2.75) is 46.1 Å². The summed E-state index contributed by atoms with van der Waals surface area (Å²) in [5.74, 6) is 0.725. The van der Waals surface area contributed by atoms with Crippen LogP contribution in [0.2, 0.25) is 0 Å². The van der Waals surface area contributed by atoms with Gasteiger partial charge in [-0.15, -0.1) is 0 Å². The quantitative estimate of drug-likeness (QED) is 0.778. The second-order valence-electron chi connectivity index (χ2n) is 6.18. The van der Waals surface area contributed by atoms with E-state index >= 15 is 0 Å². The Labute approximate surface area is 112 Å². The van der Waals surface area contributed by atoms with Crippen LogP contribution in [0.25, 0.3) is 0 Å². The van der Waals surface area contributed by atoms with E-state index in [2.05, 4.69) is 57.3 Å². The lowest BCUT2D eigenvalue weighted by Gasteiger charge is -2.24. The molecule has 18 heavy (non-hydrogen) atoms. The van der Waals surface area contributed by atoms with Crippen LogP contribution < -0.4 is 11.1 Å². The maximum Gasteiger partial charge on any atom is 0.0247 e. The van der Waals surface area contributed by atoms with E-state index < -0.39 is 0 Å². The summed E-state index contributed by atoms with van der Waals surface area (Å²) in [6, 6.07) is 9.00. The van der Waals surface area contributed by atoms with E-state index in [1.54, 1.807) is 0 Å². The number of nitrogens with two attached hydrogens (primary N) is 1. The van der Waals surface area contributed by atoms with Crippen LogP contribution in [0, 0.1) is 5.92 Å². The van der Waals surface area contributed by atoms with Crippen molar-refractivity contribution in [1.29, 1.82) is 0 Å². The molecule has 0 heterocycles. The lowest BCUT2D eigenvalue weighted by Crippen LogP contribution is -2.46. The molecule has 0 saturated carbocycles. The summed E-state index contributed by atoms with van der Waals surface area (Å²) in [5, 5.41) is 3.48. The first-order chi connectivity index (χ1) is 8.43. The van der Waals surface area contributed by atoms with Crippen LogP contribution in [0.1, 0.15) is 38.8 Å². The molecule has 0 radical (unpaired) electrons. The highest BCUT2D eigenvalue weighted by Crippen LogP contribution is 2.10. The molecule has 1 aromatic carbocycles. The van der Waals surface area contributed by atoms with Gasteiger partial charge in [-0.3, -0.25) is 0 Å². The molecule has 0 aromatic heterocycles. The third-order valence-electron chi connectivity index (χ3n) is 3.19. The van der Waals surface area contributed by atoms with Gasteiger partial charge in [0.1, 0.15) is 0 Å². The molecule has 0 aliphatic heterocycles. The number of hydrogen-bond donors (Lipinski definition) is 2. The van der Waals surface area contributed by atoms with Crippen molar-refractivity contribution in [3.8, 4) is 0 Å². The summed E-state index contributed by atoms with van der Waals surface area (Å²) in [6.07, 6.45) is 2.23. The molecule has 0 amide bonds. The van der Waals surface area contributed by atoms with E-state index in [0.29, 0.717) is 6.54 Å². The van der Waals surface area contributed by atoms with Crippen LogP contribution in [-0.4, -0.2) is 18.6 Å². The Balaban J connectivity index is 2.40. The molecular formula is C16H28N2. The standard InChI is InChI=1S/C16H28N2/c1-13(2)11-15-7-5-14(6-8-15)9-10-18-16(3,4)12-17/h5-8,13,18H,9-12,17H2,1-4H3. The van der Waals surface area contributed by atoms with Gasteiger partial charge < -0.3 is 11.1 Å². The second kappa shape index (κ2) is 6.91. The molecule has 0 aliphatic rings. The van der Waals surface area contributed by atoms with Crippen molar-refractivity contribution in [2.75, 3.05) is 13.1 Å². The summed E-state index contributed by atoms with van der Waals surface area (Å²) in [5.41, 5.74) is 8.55. The first kappa shape index (κ1) is 15.2. The summed E-state index contributed by atoms with van der Waals surface area (Å²) in [4.78, 5) is 0. The fraction of sp³-hybridized carbons (Fsp3) is 0.625. The average molecular weight is 248 g/mol. The Morgan fingerprint density at radius 2 is 1.67 bits per heavy atom. The van der Waals surface area contributed by atoms with Crippen LogP contribution in [0.4, 0.5) is 0 Å². The molecule has 1 rings (SSSR count). The number of rotatable bonds is 7. The Hall–Kier alpha value is -0.860. The van der Waals surface area contributed by atoms with Crippen molar-refractivity contribution < 1.29 is 0 Å². The van der Waals surface area contributed by atoms with Gasteiger partial charge in [0.15, 0.2) is 0 Å². The fourth-order valence-electron chi connectivity index (χ4n) is 1.93. The minimum Gasteiger partial charge on any atom is -0.329 e. The molecule has 0 saturated heterocycles. The Bertz CT molecular complexity index is 339. The lowest BCUT2D eigenvalue weighted by atomic mass is 10.0. The highest BCUT2D eigenvalue weighted by Gasteiger charge is 2.13. The Kier molecular flexibility index (Phi) is 5.83. The lowest BCUT2D eigenvalue weighted by molar-refractivity contribution is 0.402. The largest absolute Gasteiger partial charge is 0.329 e. The second-order valence-corrected chi connectivity index (χ2v) is 6.18. The van der Waals surface area contributed by atoms with Gasteiger partial charge in [-0.2, -0.15) is 0 Å². The fourth-order valence-corrected chi connectivity index (χ4v) is 1.93. The highest BCUT2D eigenvalue weighted by atomic mass is 15.0. The molecule has 0 spiro atoms. The van der Waals surface area contributed by atoms with Crippen LogP contribution >= 0.6 is 0 Å². The van der Waals surface area contributed by atoms with Gasteiger partial charge in [0.05, 0.1) is 0 Å². The van der Waals surface area contributed by atoms with Crippen molar-refractivity contribution in [3.05, 3.63) is 35.4 Å². The van der Waals surface area contributed by atoms with Crippen LogP contribution in [0.3, 0.4) is 0 Å². The third kappa shape index (κ3) is 5.65. The highest BCUT2D eigenvalue weighted by molar-refractivity contribution is 5.23. The predicted molar refractivity (Wildman–Crippen MR) is 79.8 cm³/mol. The van der Waals surface area contributed by atoms with E-state index in [9.17, 15) is 0 Å². The molecule has 0 aliphatic carbocycles. The summed E-state index contributed by atoms with van der Waals surface area (Å²) < 4.78 is 0. The van der Waals surface area contributed by atoms with Gasteiger partial charge in [-0.1, -0.05) is 38.1 Å². The zero-order valence-electron chi connectivity index (χ0n) is 12.3. The average Bonchev–Trinajstić information content (AvgIpc) is 2.30. The molecular weight excluding hydrogens is 220 g/mol. The van der Waals surface area contributed by atoms with E-state index in [0.717, 1.165) is 18.9 Å². The first-order valence-corrected chi connectivity index (χ1v) is 6.96. The normalized spacial score (nSPS) is 12.1.